The topological polar surface area (TPSA) is 54.1 Å². The van der Waals surface area contributed by atoms with E-state index in [-0.39, 0.29) is 12.0 Å². The van der Waals surface area contributed by atoms with E-state index in [1.165, 1.54) is 7.11 Å². The Morgan fingerprint density at radius 3 is 2.23 bits per heavy atom. The lowest BCUT2D eigenvalue weighted by molar-refractivity contribution is -0.143. The molecule has 0 bridgehead atoms. The zero-order valence-electron chi connectivity index (χ0n) is 19.8. The highest BCUT2D eigenvalue weighted by Crippen LogP contribution is 2.40. The number of hydrogen-bond acceptors (Lipinski definition) is 3. The summed E-state index contributed by atoms with van der Waals surface area (Å²) < 4.78 is 5.08. The predicted octanol–water partition coefficient (Wildman–Crippen LogP) is 5.45. The summed E-state index contributed by atoms with van der Waals surface area (Å²) in [5.74, 6) is 3.22. The second-order valence-electron chi connectivity index (χ2n) is 9.19. The number of nitrogens with one attached hydrogen (secondary N) is 2. The minimum Gasteiger partial charge on any atom is -0.468 e. The number of esters is 1. The standard InChI is InChI=1S/C25H38N2O2Si/c1-17(2)30(18(3)4,19(5)6)14-13-20(7)27-24(25(28)29-8)15-21-16-26-23-12-10-9-11-22(21)23/h9-12,16-20,24,26-27H,15H2,1-8H3/t20-,24-/m0/s1. The molecule has 0 aliphatic heterocycles. The van der Waals surface area contributed by atoms with Gasteiger partial charge < -0.3 is 9.72 Å². The molecule has 0 unspecified atom stereocenters. The first-order chi connectivity index (χ1) is 14.1. The number of benzene rings is 1. The quantitative estimate of drug-likeness (QED) is 0.335. The smallest absolute Gasteiger partial charge is 0.323 e. The van der Waals surface area contributed by atoms with Crippen LogP contribution in [0.3, 0.4) is 0 Å². The minimum atomic E-state index is -1.80. The van der Waals surface area contributed by atoms with E-state index >= 15 is 0 Å². The van der Waals surface area contributed by atoms with Crippen molar-refractivity contribution in [3.05, 3.63) is 36.0 Å². The number of rotatable bonds is 8. The Morgan fingerprint density at radius 1 is 1.07 bits per heavy atom. The molecule has 164 valence electrons. The second-order valence-corrected chi connectivity index (χ2v) is 14.8. The first kappa shape index (κ1) is 24.2. The van der Waals surface area contributed by atoms with Crippen molar-refractivity contribution in [2.45, 2.75) is 83.6 Å². The summed E-state index contributed by atoms with van der Waals surface area (Å²) in [5, 5.41) is 4.56. The maximum absolute atomic E-state index is 12.5. The van der Waals surface area contributed by atoms with Crippen molar-refractivity contribution in [1.82, 2.24) is 10.3 Å². The van der Waals surface area contributed by atoms with Gasteiger partial charge in [-0.1, -0.05) is 65.7 Å². The van der Waals surface area contributed by atoms with Crippen LogP contribution in [0.4, 0.5) is 0 Å². The summed E-state index contributed by atoms with van der Waals surface area (Å²) in [6.45, 7) is 15.9. The molecule has 0 amide bonds. The van der Waals surface area contributed by atoms with Gasteiger partial charge >= 0.3 is 5.97 Å². The number of carbonyl (C=O) groups is 1. The Kier molecular flexibility index (Phi) is 8.34. The lowest BCUT2D eigenvalue weighted by Crippen LogP contribution is -2.45. The van der Waals surface area contributed by atoms with Crippen LogP contribution in [-0.4, -0.2) is 38.2 Å². The molecule has 2 atom stereocenters. The molecule has 0 aliphatic rings. The van der Waals surface area contributed by atoms with Gasteiger partial charge in [0, 0.05) is 23.5 Å². The predicted molar refractivity (Wildman–Crippen MR) is 129 cm³/mol. The highest BCUT2D eigenvalue weighted by Gasteiger charge is 2.41. The number of fused-ring (bicyclic) bond motifs is 1. The van der Waals surface area contributed by atoms with Crippen molar-refractivity contribution in [1.29, 1.82) is 0 Å². The number of aromatic nitrogens is 1. The lowest BCUT2D eigenvalue weighted by Gasteiger charge is -2.38. The summed E-state index contributed by atoms with van der Waals surface area (Å²) in [6, 6.07) is 7.61. The highest BCUT2D eigenvalue weighted by molar-refractivity contribution is 6.90. The number of para-hydroxylation sites is 1. The number of hydrogen-bond donors (Lipinski definition) is 2. The van der Waals surface area contributed by atoms with Crippen molar-refractivity contribution in [2.75, 3.05) is 7.11 Å². The van der Waals surface area contributed by atoms with Crippen LogP contribution in [0.1, 0.15) is 54.0 Å². The van der Waals surface area contributed by atoms with E-state index in [1.807, 2.05) is 31.3 Å². The molecular formula is C25H38N2O2Si. The Bertz CT molecular complexity index is 883. The molecule has 1 heterocycles. The molecule has 0 saturated carbocycles. The molecule has 0 spiro atoms. The normalized spacial score (nSPS) is 14.1. The molecule has 0 radical (unpaired) electrons. The van der Waals surface area contributed by atoms with Gasteiger partial charge in [0.1, 0.15) is 14.1 Å². The fourth-order valence-electron chi connectivity index (χ4n) is 4.88. The van der Waals surface area contributed by atoms with E-state index in [4.69, 9.17) is 4.74 Å². The maximum Gasteiger partial charge on any atom is 0.323 e. The minimum absolute atomic E-state index is 0.0950. The van der Waals surface area contributed by atoms with E-state index in [2.05, 4.69) is 69.4 Å². The molecule has 0 aliphatic carbocycles. The van der Waals surface area contributed by atoms with Crippen LogP contribution < -0.4 is 5.32 Å². The van der Waals surface area contributed by atoms with Gasteiger partial charge in [0.2, 0.25) is 0 Å². The van der Waals surface area contributed by atoms with Crippen molar-refractivity contribution >= 4 is 24.9 Å². The highest BCUT2D eigenvalue weighted by atomic mass is 28.3. The summed E-state index contributed by atoms with van der Waals surface area (Å²) >= 11 is 0. The largest absolute Gasteiger partial charge is 0.468 e. The Morgan fingerprint density at radius 2 is 1.67 bits per heavy atom. The van der Waals surface area contributed by atoms with Crippen molar-refractivity contribution in [3.63, 3.8) is 0 Å². The third-order valence-electron chi connectivity index (χ3n) is 6.41. The molecule has 0 fully saturated rings. The lowest BCUT2D eigenvalue weighted by atomic mass is 10.0. The molecule has 1 aromatic carbocycles. The van der Waals surface area contributed by atoms with Gasteiger partial charge in [-0.25, -0.2) is 0 Å². The Labute approximate surface area is 183 Å². The van der Waals surface area contributed by atoms with E-state index in [9.17, 15) is 4.79 Å². The fourth-order valence-corrected chi connectivity index (χ4v) is 10.2. The van der Waals surface area contributed by atoms with Crippen LogP contribution in [0.15, 0.2) is 30.5 Å². The van der Waals surface area contributed by atoms with Crippen LogP contribution >= 0.6 is 0 Å². The number of ether oxygens (including phenoxy) is 1. The van der Waals surface area contributed by atoms with Crippen molar-refractivity contribution < 1.29 is 9.53 Å². The monoisotopic (exact) mass is 426 g/mol. The fraction of sp³-hybridized carbons (Fsp3) is 0.560. The number of carbonyl (C=O) groups excluding carboxylic acids is 1. The molecular weight excluding hydrogens is 388 g/mol. The van der Waals surface area contributed by atoms with E-state index in [0.717, 1.165) is 16.5 Å². The van der Waals surface area contributed by atoms with Gasteiger partial charge in [-0.2, -0.15) is 0 Å². The SMILES string of the molecule is COC(=O)[C@H](Cc1c[nH]c2ccccc12)N[C@@H](C)C#C[Si](C(C)C)(C(C)C)C(C)C. The first-order valence-electron chi connectivity index (χ1n) is 11.0. The first-order valence-corrected chi connectivity index (χ1v) is 13.3. The number of H-pyrrole nitrogens is 1. The summed E-state index contributed by atoms with van der Waals surface area (Å²) in [5.41, 5.74) is 7.68. The van der Waals surface area contributed by atoms with Crippen molar-refractivity contribution in [2.24, 2.45) is 0 Å². The van der Waals surface area contributed by atoms with Crippen LogP contribution in [0.25, 0.3) is 10.9 Å². The van der Waals surface area contributed by atoms with Gasteiger partial charge in [-0.3, -0.25) is 10.1 Å². The van der Waals surface area contributed by atoms with Crippen LogP contribution in [0, 0.1) is 11.5 Å². The van der Waals surface area contributed by atoms with E-state index in [1.54, 1.807) is 0 Å². The summed E-state index contributed by atoms with van der Waals surface area (Å²) in [4.78, 5) is 15.8. The third-order valence-corrected chi connectivity index (χ3v) is 12.7. The average molecular weight is 427 g/mol. The number of aromatic amines is 1. The molecule has 2 N–H and O–H groups in total. The second kappa shape index (κ2) is 10.3. The van der Waals surface area contributed by atoms with Crippen LogP contribution in [0.2, 0.25) is 16.6 Å². The molecule has 2 rings (SSSR count). The molecule has 2 aromatic rings. The van der Waals surface area contributed by atoms with E-state index in [0.29, 0.717) is 23.0 Å². The van der Waals surface area contributed by atoms with Gasteiger partial charge in [-0.05, 0) is 35.2 Å². The van der Waals surface area contributed by atoms with Crippen LogP contribution in [0.5, 0.6) is 0 Å². The van der Waals surface area contributed by atoms with E-state index < -0.39 is 14.1 Å². The molecule has 0 saturated heterocycles. The van der Waals surface area contributed by atoms with Crippen LogP contribution in [-0.2, 0) is 16.0 Å². The summed E-state index contributed by atoms with van der Waals surface area (Å²) in [7, 11) is -0.357. The Balaban J connectivity index is 2.25. The zero-order valence-corrected chi connectivity index (χ0v) is 20.8. The number of methoxy groups -OCH3 is 1. The van der Waals surface area contributed by atoms with Gasteiger partial charge in [0.25, 0.3) is 0 Å². The average Bonchev–Trinajstić information content (AvgIpc) is 3.09. The molecule has 5 heteroatoms. The zero-order chi connectivity index (χ0) is 22.5. The maximum atomic E-state index is 12.5. The molecule has 4 nitrogen and oxygen atoms in total. The van der Waals surface area contributed by atoms with Gasteiger partial charge in [-0.15, -0.1) is 5.54 Å². The summed E-state index contributed by atoms with van der Waals surface area (Å²) in [6.07, 6.45) is 2.54. The molecule has 1 aromatic heterocycles. The van der Waals surface area contributed by atoms with Gasteiger partial charge in [0.05, 0.1) is 13.2 Å². The van der Waals surface area contributed by atoms with Crippen molar-refractivity contribution in [3.8, 4) is 11.5 Å². The van der Waals surface area contributed by atoms with Gasteiger partial charge in [0.15, 0.2) is 0 Å². The third kappa shape index (κ3) is 5.17. The Hall–Kier alpha value is -2.03. The molecule has 30 heavy (non-hydrogen) atoms.